The lowest BCUT2D eigenvalue weighted by Crippen LogP contribution is -2.25. The zero-order valence-electron chi connectivity index (χ0n) is 11.5. The zero-order valence-corrected chi connectivity index (χ0v) is 11.5. The number of aromatic nitrogens is 1. The van der Waals surface area contributed by atoms with Gasteiger partial charge in [0, 0.05) is 18.1 Å². The van der Waals surface area contributed by atoms with Crippen LogP contribution in [0.5, 0.6) is 5.75 Å². The van der Waals surface area contributed by atoms with E-state index in [1.54, 1.807) is 12.1 Å². The maximum absolute atomic E-state index is 12.2. The number of nitrogens with one attached hydrogen (secondary N) is 2. The molecule has 2 aromatic carbocycles. The fraction of sp³-hybridized carbons (Fsp3) is 0.118. The van der Waals surface area contributed by atoms with Gasteiger partial charge in [-0.05, 0) is 36.2 Å². The minimum absolute atomic E-state index is 0.0816. The number of phenolic OH excluding ortho intramolecular Hbond substituents is 1. The molecule has 0 aliphatic carbocycles. The van der Waals surface area contributed by atoms with Crippen LogP contribution < -0.4 is 5.32 Å². The van der Waals surface area contributed by atoms with Crippen LogP contribution in [-0.2, 0) is 6.42 Å². The molecule has 0 saturated heterocycles. The average Bonchev–Trinajstić information content (AvgIpc) is 2.97. The molecule has 0 saturated carbocycles. The van der Waals surface area contributed by atoms with Gasteiger partial charge in [-0.3, -0.25) is 4.79 Å². The molecule has 0 fully saturated rings. The Bertz CT molecular complexity index is 760. The van der Waals surface area contributed by atoms with Gasteiger partial charge in [0.2, 0.25) is 0 Å². The highest BCUT2D eigenvalue weighted by Gasteiger charge is 2.09. The van der Waals surface area contributed by atoms with Crippen molar-refractivity contribution in [2.75, 3.05) is 6.54 Å². The summed E-state index contributed by atoms with van der Waals surface area (Å²) in [5.74, 6) is 0.169. The molecule has 4 heteroatoms. The third kappa shape index (κ3) is 2.89. The first-order valence-corrected chi connectivity index (χ1v) is 6.86. The Morgan fingerprint density at radius 1 is 1.10 bits per heavy atom. The molecule has 0 atom stereocenters. The van der Waals surface area contributed by atoms with Crippen LogP contribution in [0.2, 0.25) is 0 Å². The number of rotatable bonds is 4. The van der Waals surface area contributed by atoms with Crippen LogP contribution >= 0.6 is 0 Å². The molecule has 0 aliphatic heterocycles. The standard InChI is InChI=1S/C17H16N2O2/c20-14-6-4-12(5-7-14)8-10-19-17(21)15-3-1-2-13-9-11-18-16(13)15/h1-7,9,11,18,20H,8,10H2,(H,19,21). The SMILES string of the molecule is O=C(NCCc1ccc(O)cc1)c1cccc2cc[nH]c12. The fourth-order valence-corrected chi connectivity index (χ4v) is 2.35. The van der Waals surface area contributed by atoms with E-state index in [2.05, 4.69) is 10.3 Å². The van der Waals surface area contributed by atoms with Gasteiger partial charge in [-0.25, -0.2) is 0 Å². The van der Waals surface area contributed by atoms with Gasteiger partial charge >= 0.3 is 0 Å². The summed E-state index contributed by atoms with van der Waals surface area (Å²) in [5.41, 5.74) is 2.59. The molecular formula is C17H16N2O2. The zero-order chi connectivity index (χ0) is 14.7. The van der Waals surface area contributed by atoms with E-state index < -0.39 is 0 Å². The van der Waals surface area contributed by atoms with Crippen molar-refractivity contribution in [3.05, 3.63) is 65.9 Å². The first kappa shape index (κ1) is 13.2. The predicted molar refractivity (Wildman–Crippen MR) is 82.4 cm³/mol. The molecule has 21 heavy (non-hydrogen) atoms. The molecule has 0 unspecified atom stereocenters. The number of fused-ring (bicyclic) bond motifs is 1. The third-order valence-corrected chi connectivity index (χ3v) is 3.47. The second-order valence-corrected chi connectivity index (χ2v) is 4.92. The monoisotopic (exact) mass is 280 g/mol. The summed E-state index contributed by atoms with van der Waals surface area (Å²) in [5, 5.41) is 13.2. The first-order chi connectivity index (χ1) is 10.2. The van der Waals surface area contributed by atoms with Crippen LogP contribution in [0.3, 0.4) is 0 Å². The molecule has 3 aromatic rings. The van der Waals surface area contributed by atoms with Crippen molar-refractivity contribution in [2.45, 2.75) is 6.42 Å². The average molecular weight is 280 g/mol. The number of H-pyrrole nitrogens is 1. The van der Waals surface area contributed by atoms with E-state index >= 15 is 0 Å². The van der Waals surface area contributed by atoms with E-state index in [4.69, 9.17) is 0 Å². The molecule has 1 heterocycles. The summed E-state index contributed by atoms with van der Waals surface area (Å²) in [4.78, 5) is 15.3. The normalized spacial score (nSPS) is 10.7. The van der Waals surface area contributed by atoms with Crippen LogP contribution in [0, 0.1) is 0 Å². The first-order valence-electron chi connectivity index (χ1n) is 6.86. The lowest BCUT2D eigenvalue weighted by Gasteiger charge is -2.06. The van der Waals surface area contributed by atoms with Crippen LogP contribution in [0.25, 0.3) is 10.9 Å². The third-order valence-electron chi connectivity index (χ3n) is 3.47. The van der Waals surface area contributed by atoms with Gasteiger partial charge in [0.15, 0.2) is 0 Å². The maximum Gasteiger partial charge on any atom is 0.253 e. The minimum atomic E-state index is -0.0816. The molecule has 3 rings (SSSR count). The second-order valence-electron chi connectivity index (χ2n) is 4.92. The highest BCUT2D eigenvalue weighted by atomic mass is 16.3. The summed E-state index contributed by atoms with van der Waals surface area (Å²) in [6, 6.07) is 14.6. The van der Waals surface area contributed by atoms with Crippen molar-refractivity contribution in [3.63, 3.8) is 0 Å². The number of amides is 1. The Balaban J connectivity index is 1.64. The summed E-state index contributed by atoms with van der Waals surface area (Å²) >= 11 is 0. The van der Waals surface area contributed by atoms with E-state index in [1.807, 2.05) is 42.6 Å². The van der Waals surface area contributed by atoms with Crippen molar-refractivity contribution in [3.8, 4) is 5.75 Å². The van der Waals surface area contributed by atoms with Gasteiger partial charge in [0.25, 0.3) is 5.91 Å². The van der Waals surface area contributed by atoms with Gasteiger partial charge in [-0.1, -0.05) is 24.3 Å². The Morgan fingerprint density at radius 2 is 1.90 bits per heavy atom. The molecule has 4 nitrogen and oxygen atoms in total. The maximum atomic E-state index is 12.2. The van der Waals surface area contributed by atoms with Crippen LogP contribution in [0.4, 0.5) is 0 Å². The number of carbonyl (C=O) groups is 1. The van der Waals surface area contributed by atoms with Crippen molar-refractivity contribution in [1.82, 2.24) is 10.3 Å². The lowest BCUT2D eigenvalue weighted by atomic mass is 10.1. The molecule has 0 spiro atoms. The molecular weight excluding hydrogens is 264 g/mol. The number of phenols is 1. The van der Waals surface area contributed by atoms with Crippen molar-refractivity contribution >= 4 is 16.8 Å². The van der Waals surface area contributed by atoms with Crippen LogP contribution in [0.15, 0.2) is 54.7 Å². The van der Waals surface area contributed by atoms with E-state index in [0.29, 0.717) is 12.1 Å². The Morgan fingerprint density at radius 3 is 2.71 bits per heavy atom. The van der Waals surface area contributed by atoms with Gasteiger partial charge in [0.05, 0.1) is 11.1 Å². The Kier molecular flexibility index (Phi) is 3.60. The highest BCUT2D eigenvalue weighted by molar-refractivity contribution is 6.05. The van der Waals surface area contributed by atoms with Crippen molar-refractivity contribution < 1.29 is 9.90 Å². The summed E-state index contributed by atoms with van der Waals surface area (Å²) < 4.78 is 0. The second kappa shape index (κ2) is 5.71. The summed E-state index contributed by atoms with van der Waals surface area (Å²) in [6.07, 6.45) is 2.56. The quantitative estimate of drug-likeness (QED) is 0.688. The number of hydrogen-bond donors (Lipinski definition) is 3. The van der Waals surface area contributed by atoms with Crippen LogP contribution in [0.1, 0.15) is 15.9 Å². The molecule has 0 radical (unpaired) electrons. The van der Waals surface area contributed by atoms with E-state index in [-0.39, 0.29) is 11.7 Å². The minimum Gasteiger partial charge on any atom is -0.508 e. The number of para-hydroxylation sites is 1. The van der Waals surface area contributed by atoms with Gasteiger partial charge < -0.3 is 15.4 Å². The number of carbonyl (C=O) groups excluding carboxylic acids is 1. The molecule has 1 amide bonds. The van der Waals surface area contributed by atoms with Gasteiger partial charge in [0.1, 0.15) is 5.75 Å². The van der Waals surface area contributed by atoms with E-state index in [9.17, 15) is 9.90 Å². The Hall–Kier alpha value is -2.75. The fourth-order valence-electron chi connectivity index (χ4n) is 2.35. The Labute approximate surface area is 122 Å². The molecule has 1 aromatic heterocycles. The molecule has 106 valence electrons. The summed E-state index contributed by atoms with van der Waals surface area (Å²) in [6.45, 7) is 0.556. The lowest BCUT2D eigenvalue weighted by molar-refractivity contribution is 0.0955. The van der Waals surface area contributed by atoms with Crippen LogP contribution in [-0.4, -0.2) is 22.5 Å². The van der Waals surface area contributed by atoms with E-state index in [0.717, 1.165) is 22.9 Å². The highest BCUT2D eigenvalue weighted by Crippen LogP contribution is 2.16. The molecule has 0 aliphatic rings. The van der Waals surface area contributed by atoms with Crippen molar-refractivity contribution in [2.24, 2.45) is 0 Å². The van der Waals surface area contributed by atoms with Gasteiger partial charge in [-0.15, -0.1) is 0 Å². The smallest absolute Gasteiger partial charge is 0.253 e. The number of benzene rings is 2. The number of hydrogen-bond acceptors (Lipinski definition) is 2. The topological polar surface area (TPSA) is 65.1 Å². The van der Waals surface area contributed by atoms with Crippen molar-refractivity contribution in [1.29, 1.82) is 0 Å². The number of aromatic amines is 1. The molecule has 3 N–H and O–H groups in total. The predicted octanol–water partition coefficient (Wildman–Crippen LogP) is 2.85. The largest absolute Gasteiger partial charge is 0.508 e. The number of aromatic hydroxyl groups is 1. The summed E-state index contributed by atoms with van der Waals surface area (Å²) in [7, 11) is 0. The van der Waals surface area contributed by atoms with Gasteiger partial charge in [-0.2, -0.15) is 0 Å². The van der Waals surface area contributed by atoms with E-state index in [1.165, 1.54) is 0 Å². The molecule has 0 bridgehead atoms.